The van der Waals surface area contributed by atoms with Crippen LogP contribution in [0.3, 0.4) is 0 Å². The van der Waals surface area contributed by atoms with Gasteiger partial charge in [-0.3, -0.25) is 4.79 Å². The number of rotatable bonds is 4. The Labute approximate surface area is 132 Å². The minimum absolute atomic E-state index is 0.0839. The number of carbonyl (C=O) groups is 1. The summed E-state index contributed by atoms with van der Waals surface area (Å²) < 4.78 is 2.85. The lowest BCUT2D eigenvalue weighted by Gasteiger charge is -2.12. The largest absolute Gasteiger partial charge is 0.347 e. The molecule has 2 rings (SSSR count). The van der Waals surface area contributed by atoms with E-state index >= 15 is 0 Å². The Morgan fingerprint density at radius 1 is 1.35 bits per heavy atom. The number of benzene rings is 1. The van der Waals surface area contributed by atoms with Crippen LogP contribution < -0.4 is 5.32 Å². The quantitative estimate of drug-likeness (QED) is 0.865. The molecule has 1 N–H and O–H groups in total. The Bertz CT molecular complexity index is 605. The van der Waals surface area contributed by atoms with Crippen molar-refractivity contribution in [3.63, 3.8) is 0 Å². The fourth-order valence-electron chi connectivity index (χ4n) is 1.93. The van der Waals surface area contributed by atoms with Crippen molar-refractivity contribution in [1.29, 1.82) is 0 Å². The minimum Gasteiger partial charge on any atom is -0.347 e. The first kappa shape index (κ1) is 15.1. The fourth-order valence-corrected chi connectivity index (χ4v) is 2.49. The topological polar surface area (TPSA) is 34.0 Å². The highest BCUT2D eigenvalue weighted by atomic mass is 79.9. The van der Waals surface area contributed by atoms with Gasteiger partial charge < -0.3 is 9.88 Å². The summed E-state index contributed by atoms with van der Waals surface area (Å²) in [6.45, 7) is 4.57. The Kier molecular flexibility index (Phi) is 4.89. The van der Waals surface area contributed by atoms with Crippen molar-refractivity contribution in [2.24, 2.45) is 0 Å². The Balaban J connectivity index is 2.07. The van der Waals surface area contributed by atoms with Crippen LogP contribution in [0.25, 0.3) is 0 Å². The van der Waals surface area contributed by atoms with Gasteiger partial charge in [-0.05, 0) is 53.5 Å². The molecule has 0 aliphatic carbocycles. The Morgan fingerprint density at radius 3 is 2.60 bits per heavy atom. The molecule has 1 amide bonds. The predicted octanol–water partition coefficient (Wildman–Crippen LogP) is 4.41. The average Bonchev–Trinajstić information content (AvgIpc) is 2.80. The highest BCUT2D eigenvalue weighted by molar-refractivity contribution is 9.10. The first-order valence-electron chi connectivity index (χ1n) is 6.37. The van der Waals surface area contributed by atoms with Crippen molar-refractivity contribution < 1.29 is 4.79 Å². The number of aromatic nitrogens is 1. The van der Waals surface area contributed by atoms with Crippen molar-refractivity contribution in [3.05, 3.63) is 57.3 Å². The number of amides is 1. The molecule has 1 aromatic heterocycles. The summed E-state index contributed by atoms with van der Waals surface area (Å²) in [7, 11) is 0. The Hall–Kier alpha value is -1.26. The van der Waals surface area contributed by atoms with Gasteiger partial charge in [0.25, 0.3) is 5.91 Å². The third-order valence-electron chi connectivity index (χ3n) is 2.97. The maximum absolute atomic E-state index is 12.2. The summed E-state index contributed by atoms with van der Waals surface area (Å²) >= 11 is 9.24. The van der Waals surface area contributed by atoms with E-state index in [1.165, 1.54) is 0 Å². The van der Waals surface area contributed by atoms with Gasteiger partial charge in [-0.15, -0.1) is 0 Å². The van der Waals surface area contributed by atoms with Gasteiger partial charge in [0, 0.05) is 28.3 Å². The molecular formula is C15H16BrClN2O. The second-order valence-electron chi connectivity index (χ2n) is 4.85. The molecule has 3 nitrogen and oxygen atoms in total. The monoisotopic (exact) mass is 354 g/mol. The first-order valence-corrected chi connectivity index (χ1v) is 7.54. The molecule has 0 atom stereocenters. The van der Waals surface area contributed by atoms with E-state index in [4.69, 9.17) is 11.6 Å². The molecule has 0 bridgehead atoms. The lowest BCUT2D eigenvalue weighted by atomic mass is 10.2. The van der Waals surface area contributed by atoms with Crippen molar-refractivity contribution in [1.82, 2.24) is 9.88 Å². The molecular weight excluding hydrogens is 340 g/mol. The molecule has 5 heteroatoms. The number of carbonyl (C=O) groups excluding carboxylic acids is 1. The average molecular weight is 356 g/mol. The number of hydrogen-bond donors (Lipinski definition) is 1. The molecule has 106 valence electrons. The summed E-state index contributed by atoms with van der Waals surface area (Å²) in [5.74, 6) is -0.0839. The first-order chi connectivity index (χ1) is 9.47. The molecule has 0 fully saturated rings. The normalized spacial score (nSPS) is 10.8. The number of halogens is 2. The van der Waals surface area contributed by atoms with E-state index in [1.807, 2.05) is 54.9 Å². The van der Waals surface area contributed by atoms with E-state index in [-0.39, 0.29) is 11.9 Å². The van der Waals surface area contributed by atoms with Crippen LogP contribution in [0, 0.1) is 0 Å². The highest BCUT2D eigenvalue weighted by Gasteiger charge is 2.14. The van der Waals surface area contributed by atoms with E-state index in [1.54, 1.807) is 0 Å². The van der Waals surface area contributed by atoms with Crippen LogP contribution in [0.2, 0.25) is 5.02 Å². The molecule has 0 spiro atoms. The molecule has 0 aliphatic heterocycles. The second kappa shape index (κ2) is 6.46. The van der Waals surface area contributed by atoms with E-state index in [9.17, 15) is 4.79 Å². The van der Waals surface area contributed by atoms with Crippen LogP contribution in [-0.2, 0) is 6.54 Å². The van der Waals surface area contributed by atoms with Crippen LogP contribution in [0.4, 0.5) is 0 Å². The molecule has 0 radical (unpaired) electrons. The van der Waals surface area contributed by atoms with Gasteiger partial charge in [-0.2, -0.15) is 0 Å². The van der Waals surface area contributed by atoms with Gasteiger partial charge in [-0.1, -0.05) is 23.7 Å². The lowest BCUT2D eigenvalue weighted by molar-refractivity contribution is 0.0940. The lowest BCUT2D eigenvalue weighted by Crippen LogP contribution is -2.25. The number of nitrogens with one attached hydrogen (secondary N) is 1. The van der Waals surface area contributed by atoms with Gasteiger partial charge in [0.05, 0.1) is 0 Å². The maximum Gasteiger partial charge on any atom is 0.268 e. The van der Waals surface area contributed by atoms with Crippen LogP contribution in [-0.4, -0.2) is 10.5 Å². The highest BCUT2D eigenvalue weighted by Crippen LogP contribution is 2.19. The van der Waals surface area contributed by atoms with Crippen molar-refractivity contribution >= 4 is 33.4 Å². The predicted molar refractivity (Wildman–Crippen MR) is 85.1 cm³/mol. The zero-order valence-corrected chi connectivity index (χ0v) is 13.7. The van der Waals surface area contributed by atoms with Gasteiger partial charge in [0.2, 0.25) is 0 Å². The Morgan fingerprint density at radius 2 is 2.00 bits per heavy atom. The third-order valence-corrected chi connectivity index (χ3v) is 3.66. The van der Waals surface area contributed by atoms with Gasteiger partial charge in [0.15, 0.2) is 0 Å². The van der Waals surface area contributed by atoms with Crippen molar-refractivity contribution in [3.8, 4) is 0 Å². The molecule has 1 aromatic carbocycles. The van der Waals surface area contributed by atoms with Gasteiger partial charge >= 0.3 is 0 Å². The number of nitrogens with zero attached hydrogens (tertiary/aromatic N) is 1. The van der Waals surface area contributed by atoms with E-state index in [0.29, 0.717) is 17.3 Å². The summed E-state index contributed by atoms with van der Waals surface area (Å²) in [6, 6.07) is 9.50. The van der Waals surface area contributed by atoms with Gasteiger partial charge in [-0.25, -0.2) is 0 Å². The molecule has 20 heavy (non-hydrogen) atoms. The molecule has 0 saturated heterocycles. The summed E-state index contributed by atoms with van der Waals surface area (Å²) in [5, 5.41) is 3.61. The second-order valence-corrected chi connectivity index (χ2v) is 6.21. The van der Waals surface area contributed by atoms with Crippen molar-refractivity contribution in [2.75, 3.05) is 0 Å². The van der Waals surface area contributed by atoms with Crippen LogP contribution >= 0.6 is 27.5 Å². The zero-order chi connectivity index (χ0) is 14.7. The molecule has 0 unspecified atom stereocenters. The van der Waals surface area contributed by atoms with E-state index < -0.39 is 0 Å². The zero-order valence-electron chi connectivity index (χ0n) is 11.4. The molecule has 0 aliphatic rings. The van der Waals surface area contributed by atoms with Crippen LogP contribution in [0.5, 0.6) is 0 Å². The fraction of sp³-hybridized carbons (Fsp3) is 0.267. The summed E-state index contributed by atoms with van der Waals surface area (Å²) in [5.41, 5.74) is 1.67. The van der Waals surface area contributed by atoms with Crippen molar-refractivity contribution in [2.45, 2.75) is 26.4 Å². The van der Waals surface area contributed by atoms with Gasteiger partial charge in [0.1, 0.15) is 5.69 Å². The van der Waals surface area contributed by atoms with Crippen LogP contribution in [0.15, 0.2) is 41.0 Å². The van der Waals surface area contributed by atoms with E-state index in [2.05, 4.69) is 21.2 Å². The summed E-state index contributed by atoms with van der Waals surface area (Å²) in [4.78, 5) is 12.2. The maximum atomic E-state index is 12.2. The summed E-state index contributed by atoms with van der Waals surface area (Å²) in [6.07, 6.45) is 1.92. The molecule has 1 heterocycles. The molecule has 0 saturated carbocycles. The number of hydrogen-bond acceptors (Lipinski definition) is 1. The standard InChI is InChI=1S/C15H16BrClN2O/c1-10(2)19-9-12(16)7-14(19)15(20)18-8-11-3-5-13(17)6-4-11/h3-7,9-10H,8H2,1-2H3,(H,18,20). The third kappa shape index (κ3) is 3.64. The molecule has 2 aromatic rings. The minimum atomic E-state index is -0.0839. The van der Waals surface area contributed by atoms with Crippen LogP contribution in [0.1, 0.15) is 35.9 Å². The SMILES string of the molecule is CC(C)n1cc(Br)cc1C(=O)NCc1ccc(Cl)cc1. The smallest absolute Gasteiger partial charge is 0.268 e. The van der Waals surface area contributed by atoms with E-state index in [0.717, 1.165) is 10.0 Å².